The molecule has 1 aliphatic carbocycles. The number of hydrogen-bond acceptors (Lipinski definition) is 5. The number of amides is 2. The number of piperidine rings is 1. The highest BCUT2D eigenvalue weighted by Gasteiger charge is 2.63. The fraction of sp³-hybridized carbons (Fsp3) is 0.812. The van der Waals surface area contributed by atoms with Gasteiger partial charge in [-0.25, -0.2) is 9.69 Å². The Morgan fingerprint density at radius 2 is 1.59 bits per heavy atom. The van der Waals surface area contributed by atoms with Gasteiger partial charge in [0.25, 0.3) is 0 Å². The number of ether oxygens (including phenoxy) is 2. The molecule has 1 saturated carbocycles. The molecule has 0 spiro atoms. The van der Waals surface area contributed by atoms with Crippen LogP contribution < -0.4 is 0 Å². The smallest absolute Gasteiger partial charge is 0.417 e. The molecular weight excluding hydrogens is 286 g/mol. The number of esters is 1. The average Bonchev–Trinajstić information content (AvgIpc) is 2.99. The zero-order valence-corrected chi connectivity index (χ0v) is 14.1. The van der Waals surface area contributed by atoms with Crippen molar-refractivity contribution in [3.63, 3.8) is 0 Å². The number of carbonyl (C=O) groups is 3. The second-order valence-electron chi connectivity index (χ2n) is 8.01. The van der Waals surface area contributed by atoms with Crippen LogP contribution in [0.25, 0.3) is 0 Å². The molecule has 1 heterocycles. The van der Waals surface area contributed by atoms with E-state index < -0.39 is 29.1 Å². The summed E-state index contributed by atoms with van der Waals surface area (Å²) in [5.74, 6) is -1.51. The molecule has 0 radical (unpaired) electrons. The van der Waals surface area contributed by atoms with Crippen LogP contribution in [0.15, 0.2) is 0 Å². The molecule has 2 amide bonds. The molecule has 0 unspecified atom stereocenters. The van der Waals surface area contributed by atoms with Gasteiger partial charge in [0.2, 0.25) is 5.91 Å². The van der Waals surface area contributed by atoms with E-state index in [0.29, 0.717) is 13.0 Å². The monoisotopic (exact) mass is 311 g/mol. The van der Waals surface area contributed by atoms with Crippen LogP contribution >= 0.6 is 0 Å². The number of likely N-dealkylation sites (tertiary alicyclic amines) is 1. The minimum Gasteiger partial charge on any atom is -0.460 e. The Morgan fingerprint density at radius 3 is 2.09 bits per heavy atom. The molecule has 6 heteroatoms. The van der Waals surface area contributed by atoms with Crippen molar-refractivity contribution < 1.29 is 23.9 Å². The SMILES string of the molecule is CC(C)(C)OC(=O)[C@@H]1[C@H]2CCN(C(=O)OC(C)(C)C)C(=O)[C@H]21. The predicted octanol–water partition coefficient (Wildman–Crippen LogP) is 2.36. The van der Waals surface area contributed by atoms with E-state index in [2.05, 4.69) is 0 Å². The van der Waals surface area contributed by atoms with Crippen LogP contribution in [0.4, 0.5) is 4.79 Å². The second kappa shape index (κ2) is 5.25. The molecule has 22 heavy (non-hydrogen) atoms. The summed E-state index contributed by atoms with van der Waals surface area (Å²) in [6.07, 6.45) is -0.00897. The maximum absolute atomic E-state index is 12.4. The van der Waals surface area contributed by atoms with Crippen molar-refractivity contribution in [3.05, 3.63) is 0 Å². The van der Waals surface area contributed by atoms with Crippen molar-refractivity contribution in [1.82, 2.24) is 4.90 Å². The summed E-state index contributed by atoms with van der Waals surface area (Å²) in [6.45, 7) is 11.0. The Morgan fingerprint density at radius 1 is 1.05 bits per heavy atom. The first-order chi connectivity index (χ1) is 9.91. The summed E-state index contributed by atoms with van der Waals surface area (Å²) >= 11 is 0. The van der Waals surface area contributed by atoms with E-state index in [0.717, 1.165) is 4.90 Å². The molecule has 2 rings (SSSR count). The van der Waals surface area contributed by atoms with Gasteiger partial charge in [-0.1, -0.05) is 0 Å². The van der Waals surface area contributed by atoms with Crippen molar-refractivity contribution in [3.8, 4) is 0 Å². The largest absolute Gasteiger partial charge is 0.460 e. The van der Waals surface area contributed by atoms with Crippen molar-refractivity contribution in [2.24, 2.45) is 17.8 Å². The second-order valence-corrected chi connectivity index (χ2v) is 8.01. The first-order valence-corrected chi connectivity index (χ1v) is 7.68. The van der Waals surface area contributed by atoms with Gasteiger partial charge in [0.05, 0.1) is 11.8 Å². The fourth-order valence-corrected chi connectivity index (χ4v) is 2.83. The van der Waals surface area contributed by atoms with Crippen LogP contribution in [0.2, 0.25) is 0 Å². The third kappa shape index (κ3) is 3.59. The lowest BCUT2D eigenvalue weighted by Gasteiger charge is -2.28. The number of carbonyl (C=O) groups excluding carboxylic acids is 3. The Hall–Kier alpha value is -1.59. The van der Waals surface area contributed by atoms with Gasteiger partial charge < -0.3 is 9.47 Å². The molecule has 2 fully saturated rings. The third-order valence-electron chi connectivity index (χ3n) is 3.70. The number of nitrogens with zero attached hydrogens (tertiary/aromatic N) is 1. The first kappa shape index (κ1) is 16.8. The summed E-state index contributed by atoms with van der Waals surface area (Å²) in [6, 6.07) is 0. The van der Waals surface area contributed by atoms with Crippen LogP contribution in [0.3, 0.4) is 0 Å². The molecule has 0 aromatic carbocycles. The Bertz CT molecular complexity index is 500. The van der Waals surface area contributed by atoms with Gasteiger partial charge in [-0.3, -0.25) is 9.59 Å². The van der Waals surface area contributed by atoms with Gasteiger partial charge in [0, 0.05) is 6.54 Å². The highest BCUT2D eigenvalue weighted by Crippen LogP contribution is 2.53. The fourth-order valence-electron chi connectivity index (χ4n) is 2.83. The van der Waals surface area contributed by atoms with Crippen LogP contribution in [0.5, 0.6) is 0 Å². The van der Waals surface area contributed by atoms with Crippen LogP contribution in [0, 0.1) is 17.8 Å². The molecule has 0 aromatic heterocycles. The molecule has 3 atom stereocenters. The Kier molecular flexibility index (Phi) is 4.00. The standard InChI is InChI=1S/C16H25NO5/c1-15(2,3)21-13(19)11-9-7-8-17(12(18)10(9)11)14(20)22-16(4,5)6/h9-11H,7-8H2,1-6H3/t9-,10+,11+/m0/s1. The van der Waals surface area contributed by atoms with E-state index in [4.69, 9.17) is 9.47 Å². The van der Waals surface area contributed by atoms with Gasteiger partial charge in [0.15, 0.2) is 0 Å². The molecular formula is C16H25NO5. The Balaban J connectivity index is 2.00. The predicted molar refractivity (Wildman–Crippen MR) is 78.9 cm³/mol. The number of hydrogen-bond donors (Lipinski definition) is 0. The van der Waals surface area contributed by atoms with E-state index in [1.807, 2.05) is 0 Å². The maximum atomic E-state index is 12.4. The van der Waals surface area contributed by atoms with Crippen molar-refractivity contribution in [1.29, 1.82) is 0 Å². The van der Waals surface area contributed by atoms with E-state index in [1.165, 1.54) is 0 Å². The average molecular weight is 311 g/mol. The minimum absolute atomic E-state index is 0.000960. The summed E-state index contributed by atoms with van der Waals surface area (Å²) in [7, 11) is 0. The number of imide groups is 1. The van der Waals surface area contributed by atoms with Crippen molar-refractivity contribution in [2.75, 3.05) is 6.54 Å². The lowest BCUT2D eigenvalue weighted by atomic mass is 10.1. The minimum atomic E-state index is -0.650. The zero-order valence-electron chi connectivity index (χ0n) is 14.1. The number of rotatable bonds is 1. The molecule has 6 nitrogen and oxygen atoms in total. The molecule has 1 saturated heterocycles. The van der Waals surface area contributed by atoms with E-state index in [1.54, 1.807) is 41.5 Å². The summed E-state index contributed by atoms with van der Waals surface area (Å²) in [5, 5.41) is 0. The van der Waals surface area contributed by atoms with Gasteiger partial charge >= 0.3 is 12.1 Å². The van der Waals surface area contributed by atoms with Crippen LogP contribution in [-0.4, -0.2) is 40.6 Å². The van der Waals surface area contributed by atoms with Crippen molar-refractivity contribution in [2.45, 2.75) is 59.2 Å². The summed E-state index contributed by atoms with van der Waals surface area (Å²) in [4.78, 5) is 37.7. The van der Waals surface area contributed by atoms with Gasteiger partial charge in [-0.15, -0.1) is 0 Å². The highest BCUT2D eigenvalue weighted by atomic mass is 16.6. The summed E-state index contributed by atoms with van der Waals surface area (Å²) in [5.41, 5.74) is -1.22. The molecule has 0 bridgehead atoms. The van der Waals surface area contributed by atoms with Gasteiger partial charge in [-0.05, 0) is 53.9 Å². The maximum Gasteiger partial charge on any atom is 0.417 e. The molecule has 1 aliphatic heterocycles. The lowest BCUT2D eigenvalue weighted by Crippen LogP contribution is -2.44. The van der Waals surface area contributed by atoms with E-state index >= 15 is 0 Å². The van der Waals surface area contributed by atoms with E-state index in [9.17, 15) is 14.4 Å². The lowest BCUT2D eigenvalue weighted by molar-refractivity contribution is -0.158. The number of fused-ring (bicyclic) bond motifs is 1. The molecule has 0 aromatic rings. The molecule has 2 aliphatic rings. The molecule has 0 N–H and O–H groups in total. The topological polar surface area (TPSA) is 72.9 Å². The third-order valence-corrected chi connectivity index (χ3v) is 3.70. The van der Waals surface area contributed by atoms with Gasteiger partial charge in [0.1, 0.15) is 11.2 Å². The quantitative estimate of drug-likeness (QED) is 0.695. The molecule has 124 valence electrons. The van der Waals surface area contributed by atoms with Crippen LogP contribution in [-0.2, 0) is 19.1 Å². The highest BCUT2D eigenvalue weighted by molar-refractivity contribution is 5.99. The van der Waals surface area contributed by atoms with Crippen LogP contribution in [0.1, 0.15) is 48.0 Å². The Labute approximate surface area is 131 Å². The zero-order chi connectivity index (χ0) is 16.9. The van der Waals surface area contributed by atoms with E-state index in [-0.39, 0.29) is 17.8 Å². The summed E-state index contributed by atoms with van der Waals surface area (Å²) < 4.78 is 10.6. The first-order valence-electron chi connectivity index (χ1n) is 7.68. The van der Waals surface area contributed by atoms with Gasteiger partial charge in [-0.2, -0.15) is 0 Å². The normalized spacial score (nSPS) is 28.0. The van der Waals surface area contributed by atoms with Crippen molar-refractivity contribution >= 4 is 18.0 Å².